The molecule has 0 aliphatic carbocycles. The number of carbonyl (C=O) groups is 2. The topological polar surface area (TPSA) is 106 Å². The third-order valence-corrected chi connectivity index (χ3v) is 3.03. The van der Waals surface area contributed by atoms with E-state index in [-0.39, 0.29) is 29.5 Å². The van der Waals surface area contributed by atoms with Crippen LogP contribution in [0.5, 0.6) is 0 Å². The molecule has 21 heavy (non-hydrogen) atoms. The van der Waals surface area contributed by atoms with Crippen molar-refractivity contribution in [1.82, 2.24) is 20.1 Å². The Morgan fingerprint density at radius 2 is 2.19 bits per heavy atom. The van der Waals surface area contributed by atoms with Gasteiger partial charge in [-0.1, -0.05) is 0 Å². The van der Waals surface area contributed by atoms with Gasteiger partial charge in [0, 0.05) is 19.3 Å². The predicted molar refractivity (Wildman–Crippen MR) is 75.0 cm³/mol. The summed E-state index contributed by atoms with van der Waals surface area (Å²) in [7, 11) is 2.93. The van der Waals surface area contributed by atoms with Crippen molar-refractivity contribution in [3.8, 4) is 0 Å². The average Bonchev–Trinajstić information content (AvgIpc) is 2.72. The van der Waals surface area contributed by atoms with Gasteiger partial charge >= 0.3 is 5.97 Å². The molecule has 0 saturated heterocycles. The molecule has 0 spiro atoms. The van der Waals surface area contributed by atoms with Gasteiger partial charge in [0.2, 0.25) is 0 Å². The van der Waals surface area contributed by atoms with E-state index >= 15 is 0 Å². The lowest BCUT2D eigenvalue weighted by atomic mass is 10.1. The van der Waals surface area contributed by atoms with E-state index in [1.54, 1.807) is 20.0 Å². The lowest BCUT2D eigenvalue weighted by Crippen LogP contribution is -2.27. The molecular formula is C13H16N4O4. The fourth-order valence-electron chi connectivity index (χ4n) is 2.04. The van der Waals surface area contributed by atoms with Crippen molar-refractivity contribution in [2.24, 2.45) is 7.05 Å². The Morgan fingerprint density at radius 1 is 1.48 bits per heavy atom. The average molecular weight is 292 g/mol. The number of fused-ring (bicyclic) bond motifs is 1. The molecule has 0 radical (unpaired) electrons. The summed E-state index contributed by atoms with van der Waals surface area (Å²) >= 11 is 0. The number of amides is 1. The number of pyridine rings is 1. The fourth-order valence-corrected chi connectivity index (χ4v) is 2.04. The maximum atomic E-state index is 12.2. The van der Waals surface area contributed by atoms with Crippen molar-refractivity contribution in [3.05, 3.63) is 27.7 Å². The van der Waals surface area contributed by atoms with Gasteiger partial charge < -0.3 is 10.1 Å². The molecule has 8 nitrogen and oxygen atoms in total. The van der Waals surface area contributed by atoms with Gasteiger partial charge in [-0.25, -0.2) is 4.98 Å². The number of H-pyrrole nitrogens is 1. The number of aromatic nitrogens is 3. The van der Waals surface area contributed by atoms with E-state index in [0.29, 0.717) is 11.3 Å². The summed E-state index contributed by atoms with van der Waals surface area (Å²) in [4.78, 5) is 39.3. The molecule has 112 valence electrons. The standard InChI is InChI=1S/C13H16N4O4/c1-7-6-8(12(19)14-5-4-9(18)21-3)10-11(15-7)17(2)16-13(10)20/h6H,4-5H2,1-3H3,(H,14,19)(H,16,20). The molecule has 2 aromatic rings. The highest BCUT2D eigenvalue weighted by atomic mass is 16.5. The summed E-state index contributed by atoms with van der Waals surface area (Å²) < 4.78 is 5.96. The van der Waals surface area contributed by atoms with E-state index in [9.17, 15) is 14.4 Å². The molecule has 1 amide bonds. The van der Waals surface area contributed by atoms with Gasteiger partial charge in [-0.05, 0) is 13.0 Å². The summed E-state index contributed by atoms with van der Waals surface area (Å²) in [5.41, 5.74) is 0.899. The van der Waals surface area contributed by atoms with E-state index in [1.807, 2.05) is 0 Å². The summed E-state index contributed by atoms with van der Waals surface area (Å²) in [5.74, 6) is -0.838. The van der Waals surface area contributed by atoms with Gasteiger partial charge in [0.1, 0.15) is 0 Å². The largest absolute Gasteiger partial charge is 0.469 e. The number of aromatic amines is 1. The zero-order valence-electron chi connectivity index (χ0n) is 12.0. The van der Waals surface area contributed by atoms with Crippen LogP contribution < -0.4 is 10.9 Å². The van der Waals surface area contributed by atoms with Gasteiger partial charge in [-0.2, -0.15) is 0 Å². The quantitative estimate of drug-likeness (QED) is 0.763. The van der Waals surface area contributed by atoms with Gasteiger partial charge in [0.25, 0.3) is 11.5 Å². The first kappa shape index (κ1) is 14.8. The number of methoxy groups -OCH3 is 1. The minimum Gasteiger partial charge on any atom is -0.469 e. The third kappa shape index (κ3) is 2.93. The second-order valence-electron chi connectivity index (χ2n) is 4.59. The van der Waals surface area contributed by atoms with Gasteiger partial charge in [0.05, 0.1) is 24.5 Å². The lowest BCUT2D eigenvalue weighted by molar-refractivity contribution is -0.140. The van der Waals surface area contributed by atoms with E-state index in [2.05, 4.69) is 20.1 Å². The molecule has 0 aliphatic rings. The highest BCUT2D eigenvalue weighted by Gasteiger charge is 2.17. The van der Waals surface area contributed by atoms with Crippen LogP contribution in [0.1, 0.15) is 22.5 Å². The van der Waals surface area contributed by atoms with E-state index in [4.69, 9.17) is 0 Å². The van der Waals surface area contributed by atoms with Crippen LogP contribution in [0.25, 0.3) is 11.0 Å². The first-order valence-corrected chi connectivity index (χ1v) is 6.35. The van der Waals surface area contributed by atoms with Crippen LogP contribution in [0.3, 0.4) is 0 Å². The molecular weight excluding hydrogens is 276 g/mol. The van der Waals surface area contributed by atoms with Crippen LogP contribution in [0.2, 0.25) is 0 Å². The van der Waals surface area contributed by atoms with Crippen molar-refractivity contribution in [3.63, 3.8) is 0 Å². The maximum absolute atomic E-state index is 12.2. The van der Waals surface area contributed by atoms with Crippen LogP contribution >= 0.6 is 0 Å². The molecule has 0 fully saturated rings. The summed E-state index contributed by atoms with van der Waals surface area (Å²) in [6.07, 6.45) is 0.0700. The smallest absolute Gasteiger partial charge is 0.307 e. The number of carbonyl (C=O) groups excluding carboxylic acids is 2. The van der Waals surface area contributed by atoms with Gasteiger partial charge in [-0.15, -0.1) is 0 Å². The Balaban J connectivity index is 2.31. The fraction of sp³-hybridized carbons (Fsp3) is 0.385. The van der Waals surface area contributed by atoms with Crippen LogP contribution in [0, 0.1) is 6.92 Å². The third-order valence-electron chi connectivity index (χ3n) is 3.03. The molecule has 0 saturated carbocycles. The second-order valence-corrected chi connectivity index (χ2v) is 4.59. The Morgan fingerprint density at radius 3 is 2.86 bits per heavy atom. The molecule has 0 aromatic carbocycles. The Kier molecular flexibility index (Phi) is 4.06. The number of hydrogen-bond donors (Lipinski definition) is 2. The molecule has 0 atom stereocenters. The Hall–Kier alpha value is -2.64. The Labute approximate surface area is 120 Å². The molecule has 0 unspecified atom stereocenters. The number of hydrogen-bond acceptors (Lipinski definition) is 5. The highest BCUT2D eigenvalue weighted by molar-refractivity contribution is 6.05. The summed E-state index contributed by atoms with van der Waals surface area (Å²) in [5, 5.41) is 5.39. The second kappa shape index (κ2) is 5.78. The SMILES string of the molecule is COC(=O)CCNC(=O)c1cc(C)nc2c1c(=O)[nH]n2C. The number of nitrogens with zero attached hydrogens (tertiary/aromatic N) is 2. The zero-order chi connectivity index (χ0) is 15.6. The molecule has 2 aromatic heterocycles. The molecule has 8 heteroatoms. The molecule has 2 N–H and O–H groups in total. The first-order valence-electron chi connectivity index (χ1n) is 6.35. The summed E-state index contributed by atoms with van der Waals surface area (Å²) in [6, 6.07) is 1.55. The van der Waals surface area contributed by atoms with E-state index in [1.165, 1.54) is 11.8 Å². The summed E-state index contributed by atoms with van der Waals surface area (Å²) in [6.45, 7) is 1.88. The number of esters is 1. The highest BCUT2D eigenvalue weighted by Crippen LogP contribution is 2.14. The van der Waals surface area contributed by atoms with Crippen LogP contribution in [-0.4, -0.2) is 40.3 Å². The molecule has 2 rings (SSSR count). The van der Waals surface area contributed by atoms with Crippen molar-refractivity contribution in [2.45, 2.75) is 13.3 Å². The Bertz CT molecular complexity index is 759. The molecule has 0 bridgehead atoms. The van der Waals surface area contributed by atoms with Crippen molar-refractivity contribution in [2.75, 3.05) is 13.7 Å². The van der Waals surface area contributed by atoms with Crippen molar-refractivity contribution >= 4 is 22.9 Å². The zero-order valence-corrected chi connectivity index (χ0v) is 12.0. The normalized spacial score (nSPS) is 10.6. The predicted octanol–water partition coefficient (Wildman–Crippen LogP) is -0.137. The molecule has 0 aliphatic heterocycles. The van der Waals surface area contributed by atoms with Crippen LogP contribution in [0.15, 0.2) is 10.9 Å². The first-order chi connectivity index (χ1) is 9.93. The van der Waals surface area contributed by atoms with Crippen molar-refractivity contribution in [1.29, 1.82) is 0 Å². The monoisotopic (exact) mass is 292 g/mol. The maximum Gasteiger partial charge on any atom is 0.307 e. The van der Waals surface area contributed by atoms with E-state index in [0.717, 1.165) is 0 Å². The lowest BCUT2D eigenvalue weighted by Gasteiger charge is -2.06. The van der Waals surface area contributed by atoms with Crippen LogP contribution in [-0.2, 0) is 16.6 Å². The van der Waals surface area contributed by atoms with Crippen LogP contribution in [0.4, 0.5) is 0 Å². The molecule has 2 heterocycles. The van der Waals surface area contributed by atoms with Gasteiger partial charge in [-0.3, -0.25) is 24.2 Å². The minimum absolute atomic E-state index is 0.0700. The number of ether oxygens (including phenoxy) is 1. The van der Waals surface area contributed by atoms with Crippen molar-refractivity contribution < 1.29 is 14.3 Å². The van der Waals surface area contributed by atoms with Gasteiger partial charge in [0.15, 0.2) is 5.65 Å². The minimum atomic E-state index is -0.425. The number of rotatable bonds is 4. The number of nitrogens with one attached hydrogen (secondary N) is 2. The number of aryl methyl sites for hydroxylation is 2. The van der Waals surface area contributed by atoms with E-state index < -0.39 is 11.9 Å².